The van der Waals surface area contributed by atoms with Crippen molar-refractivity contribution in [1.29, 1.82) is 0 Å². The Morgan fingerprint density at radius 3 is 2.30 bits per heavy atom. The number of benzene rings is 1. The highest BCUT2D eigenvalue weighted by atomic mass is 79.9. The van der Waals surface area contributed by atoms with E-state index < -0.39 is 18.3 Å². The Morgan fingerprint density at radius 2 is 1.75 bits per heavy atom. The Morgan fingerprint density at radius 1 is 1.15 bits per heavy atom. The molecular formula is C12H16BrCl2F3N2. The number of hydrogen-bond donors (Lipinski definition) is 1. The molecule has 1 N–H and O–H groups in total. The molecule has 8 heteroatoms. The van der Waals surface area contributed by atoms with Crippen molar-refractivity contribution in [1.82, 2.24) is 10.2 Å². The average molecular weight is 396 g/mol. The van der Waals surface area contributed by atoms with Crippen LogP contribution in [-0.2, 0) is 0 Å². The predicted molar refractivity (Wildman–Crippen MR) is 81.8 cm³/mol. The Balaban J connectivity index is 0.00000180. The zero-order valence-corrected chi connectivity index (χ0v) is 13.7. The standard InChI is InChI=1S/C12H14BrF3N2.2ClH/c13-10-8(2-1-3-9(10)14)11(12(15)16)18-6-4-17-5-7-18;;/h1-3,11-12,17H,4-7H2;2*1H/t11-;;/m0../s1. The molecule has 0 unspecified atom stereocenters. The Hall–Kier alpha value is -0.0100. The maximum atomic E-state index is 13.4. The van der Waals surface area contributed by atoms with Crippen LogP contribution in [0.4, 0.5) is 13.2 Å². The number of nitrogens with one attached hydrogen (secondary N) is 1. The van der Waals surface area contributed by atoms with Crippen molar-refractivity contribution in [2.75, 3.05) is 26.2 Å². The van der Waals surface area contributed by atoms with E-state index in [1.165, 1.54) is 12.1 Å². The van der Waals surface area contributed by atoms with Gasteiger partial charge in [-0.1, -0.05) is 12.1 Å². The monoisotopic (exact) mass is 394 g/mol. The summed E-state index contributed by atoms with van der Waals surface area (Å²) in [5.74, 6) is -0.506. The lowest BCUT2D eigenvalue weighted by Gasteiger charge is -2.35. The smallest absolute Gasteiger partial charge is 0.258 e. The van der Waals surface area contributed by atoms with E-state index in [-0.39, 0.29) is 29.3 Å². The van der Waals surface area contributed by atoms with E-state index in [1.54, 1.807) is 11.0 Å². The van der Waals surface area contributed by atoms with Crippen molar-refractivity contribution in [2.45, 2.75) is 12.5 Å². The van der Waals surface area contributed by atoms with Gasteiger partial charge in [0.15, 0.2) is 0 Å². The van der Waals surface area contributed by atoms with Gasteiger partial charge in [-0.2, -0.15) is 0 Å². The molecule has 0 aliphatic carbocycles. The molecule has 1 saturated heterocycles. The van der Waals surface area contributed by atoms with Gasteiger partial charge in [0, 0.05) is 26.2 Å². The second-order valence-corrected chi connectivity index (χ2v) is 5.00. The van der Waals surface area contributed by atoms with E-state index in [0.29, 0.717) is 31.7 Å². The highest BCUT2D eigenvalue weighted by Gasteiger charge is 2.32. The van der Waals surface area contributed by atoms with Gasteiger partial charge in [-0.3, -0.25) is 4.90 Å². The summed E-state index contributed by atoms with van der Waals surface area (Å²) in [6.07, 6.45) is -2.54. The molecule has 1 aliphatic rings. The highest BCUT2D eigenvalue weighted by molar-refractivity contribution is 9.10. The van der Waals surface area contributed by atoms with Crippen molar-refractivity contribution in [3.63, 3.8) is 0 Å². The Bertz CT molecular complexity index is 418. The first-order valence-electron chi connectivity index (χ1n) is 5.78. The van der Waals surface area contributed by atoms with Crippen molar-refractivity contribution >= 4 is 40.7 Å². The lowest BCUT2D eigenvalue weighted by molar-refractivity contribution is 0.0177. The van der Waals surface area contributed by atoms with Crippen LogP contribution in [0.25, 0.3) is 0 Å². The summed E-state index contributed by atoms with van der Waals surface area (Å²) in [6, 6.07) is 3.21. The van der Waals surface area contributed by atoms with Gasteiger partial charge in [-0.05, 0) is 27.6 Å². The second kappa shape index (κ2) is 9.10. The predicted octanol–water partition coefficient (Wildman–Crippen LogP) is 3.64. The molecule has 1 aromatic rings. The molecule has 0 saturated carbocycles. The maximum absolute atomic E-state index is 13.4. The van der Waals surface area contributed by atoms with Gasteiger partial charge >= 0.3 is 0 Å². The van der Waals surface area contributed by atoms with Crippen molar-refractivity contribution in [3.05, 3.63) is 34.1 Å². The lowest BCUT2D eigenvalue weighted by atomic mass is 10.0. The molecule has 0 aromatic heterocycles. The van der Waals surface area contributed by atoms with Crippen molar-refractivity contribution < 1.29 is 13.2 Å². The number of halogens is 6. The van der Waals surface area contributed by atoms with Crippen LogP contribution in [0.2, 0.25) is 0 Å². The zero-order chi connectivity index (χ0) is 13.1. The lowest BCUT2D eigenvalue weighted by Crippen LogP contribution is -2.47. The van der Waals surface area contributed by atoms with Crippen LogP contribution in [0.5, 0.6) is 0 Å². The normalized spacial score (nSPS) is 17.2. The quantitative estimate of drug-likeness (QED) is 0.840. The number of alkyl halides is 2. The molecule has 2 rings (SSSR count). The fraction of sp³-hybridized carbons (Fsp3) is 0.500. The molecule has 116 valence electrons. The van der Waals surface area contributed by atoms with Gasteiger partial charge in [0.25, 0.3) is 6.43 Å². The van der Waals surface area contributed by atoms with Gasteiger partial charge in [0.1, 0.15) is 5.82 Å². The van der Waals surface area contributed by atoms with Crippen LogP contribution in [0, 0.1) is 5.82 Å². The van der Waals surface area contributed by atoms with Crippen LogP contribution < -0.4 is 5.32 Å². The van der Waals surface area contributed by atoms with E-state index in [1.807, 2.05) is 0 Å². The molecule has 0 radical (unpaired) electrons. The Labute approximate surface area is 137 Å². The number of hydrogen-bond acceptors (Lipinski definition) is 2. The second-order valence-electron chi connectivity index (χ2n) is 4.21. The van der Waals surface area contributed by atoms with Gasteiger partial charge in [-0.15, -0.1) is 24.8 Å². The van der Waals surface area contributed by atoms with Crippen LogP contribution in [0.1, 0.15) is 11.6 Å². The minimum absolute atomic E-state index is 0. The molecule has 0 amide bonds. The van der Waals surface area contributed by atoms with Crippen LogP contribution in [-0.4, -0.2) is 37.5 Å². The fourth-order valence-electron chi connectivity index (χ4n) is 2.20. The van der Waals surface area contributed by atoms with Crippen LogP contribution in [0.3, 0.4) is 0 Å². The molecular weight excluding hydrogens is 380 g/mol. The molecule has 2 nitrogen and oxygen atoms in total. The molecule has 0 bridgehead atoms. The van der Waals surface area contributed by atoms with E-state index in [0.717, 1.165) is 0 Å². The molecule has 0 spiro atoms. The van der Waals surface area contributed by atoms with E-state index in [9.17, 15) is 13.2 Å². The number of rotatable bonds is 3. The van der Waals surface area contributed by atoms with Gasteiger partial charge in [-0.25, -0.2) is 13.2 Å². The summed E-state index contributed by atoms with van der Waals surface area (Å²) < 4.78 is 40.1. The fourth-order valence-corrected chi connectivity index (χ4v) is 2.70. The summed E-state index contributed by atoms with van der Waals surface area (Å²) in [6.45, 7) is 2.43. The summed E-state index contributed by atoms with van der Waals surface area (Å²) >= 11 is 3.07. The van der Waals surface area contributed by atoms with Crippen LogP contribution in [0.15, 0.2) is 22.7 Å². The largest absolute Gasteiger partial charge is 0.314 e. The van der Waals surface area contributed by atoms with E-state index in [4.69, 9.17) is 0 Å². The molecule has 20 heavy (non-hydrogen) atoms. The van der Waals surface area contributed by atoms with Gasteiger partial charge < -0.3 is 5.32 Å². The summed E-state index contributed by atoms with van der Waals surface area (Å²) in [5, 5.41) is 3.11. The molecule has 1 aromatic carbocycles. The third-order valence-corrected chi connectivity index (χ3v) is 3.92. The minimum Gasteiger partial charge on any atom is -0.314 e. The topological polar surface area (TPSA) is 15.3 Å². The maximum Gasteiger partial charge on any atom is 0.258 e. The summed E-state index contributed by atoms with van der Waals surface area (Å²) in [4.78, 5) is 1.70. The zero-order valence-electron chi connectivity index (χ0n) is 10.5. The third-order valence-electron chi connectivity index (χ3n) is 3.08. The number of piperazine rings is 1. The highest BCUT2D eigenvalue weighted by Crippen LogP contribution is 2.34. The van der Waals surface area contributed by atoms with Gasteiger partial charge in [0.2, 0.25) is 0 Å². The molecule has 1 atom stereocenters. The summed E-state index contributed by atoms with van der Waals surface area (Å²) in [7, 11) is 0. The van der Waals surface area contributed by atoms with Gasteiger partial charge in [0.05, 0.1) is 10.5 Å². The van der Waals surface area contributed by atoms with Crippen molar-refractivity contribution in [2.24, 2.45) is 0 Å². The molecule has 1 aliphatic heterocycles. The SMILES string of the molecule is Cl.Cl.Fc1cccc([C@@H](C(F)F)N2CCNCC2)c1Br. The Kier molecular flexibility index (Phi) is 9.09. The third kappa shape index (κ3) is 4.49. The minimum atomic E-state index is -2.54. The van der Waals surface area contributed by atoms with E-state index in [2.05, 4.69) is 21.2 Å². The molecule has 1 fully saturated rings. The van der Waals surface area contributed by atoms with Crippen molar-refractivity contribution in [3.8, 4) is 0 Å². The van der Waals surface area contributed by atoms with E-state index >= 15 is 0 Å². The number of nitrogens with zero attached hydrogens (tertiary/aromatic N) is 1. The average Bonchev–Trinajstić information content (AvgIpc) is 2.36. The first-order valence-corrected chi connectivity index (χ1v) is 6.57. The molecule has 1 heterocycles. The van der Waals surface area contributed by atoms with Crippen LogP contribution >= 0.6 is 40.7 Å². The summed E-state index contributed by atoms with van der Waals surface area (Å²) in [5.41, 5.74) is 0.312. The first kappa shape index (κ1) is 20.0. The first-order chi connectivity index (χ1) is 8.61.